The average molecular weight is 434 g/mol. The molecule has 1 N–H and O–H groups in total. The number of carbonyl (C=O) groups excluding carboxylic acids is 2. The predicted octanol–water partition coefficient (Wildman–Crippen LogP) is 2.25. The molecule has 10 heteroatoms. The number of nitriles is 1. The third-order valence-corrected chi connectivity index (χ3v) is 4.40. The topological polar surface area (TPSA) is 144 Å². The van der Waals surface area contributed by atoms with Crippen LogP contribution in [0.5, 0.6) is 11.5 Å². The number of rotatable bonds is 8. The Hall–Kier alpha value is -4.52. The van der Waals surface area contributed by atoms with E-state index in [1.807, 2.05) is 13.0 Å². The minimum Gasteiger partial charge on any atom is -0.490 e. The molecule has 2 amide bonds. The number of nitrogens with one attached hydrogen (secondary N) is 1. The van der Waals surface area contributed by atoms with Gasteiger partial charge < -0.3 is 14.8 Å². The maximum atomic E-state index is 11.7. The monoisotopic (exact) mass is 434 g/mol. The van der Waals surface area contributed by atoms with Gasteiger partial charge in [0.2, 0.25) is 0 Å². The first-order chi connectivity index (χ1) is 15.4. The van der Waals surface area contributed by atoms with Crippen molar-refractivity contribution >= 4 is 23.7 Å². The van der Waals surface area contributed by atoms with Gasteiger partial charge in [0.05, 0.1) is 18.2 Å². The highest BCUT2D eigenvalue weighted by Crippen LogP contribution is 2.30. The molecule has 1 heterocycles. The molecule has 162 valence electrons. The van der Waals surface area contributed by atoms with Crippen LogP contribution in [-0.4, -0.2) is 35.2 Å². The Labute approximate surface area is 182 Å². The zero-order valence-electron chi connectivity index (χ0n) is 17.0. The molecule has 1 atom stereocenters. The van der Waals surface area contributed by atoms with Crippen LogP contribution in [0.3, 0.4) is 0 Å². The van der Waals surface area contributed by atoms with Crippen LogP contribution in [0.2, 0.25) is 0 Å². The Bertz CT molecular complexity index is 1170. The summed E-state index contributed by atoms with van der Waals surface area (Å²) >= 11 is 0. The van der Waals surface area contributed by atoms with Gasteiger partial charge in [-0.1, -0.05) is 30.3 Å². The molecule has 32 heavy (non-hydrogen) atoms. The number of hydrogen-bond donors (Lipinski definition) is 1. The molecule has 2 aromatic carbocycles. The second-order valence-corrected chi connectivity index (χ2v) is 6.54. The number of ether oxygens (including phenoxy) is 2. The molecule has 0 fully saturated rings. The molecule has 1 aliphatic heterocycles. The summed E-state index contributed by atoms with van der Waals surface area (Å²) in [7, 11) is 0. The fourth-order valence-corrected chi connectivity index (χ4v) is 2.88. The van der Waals surface area contributed by atoms with E-state index in [1.54, 1.807) is 42.5 Å². The first-order valence-corrected chi connectivity index (χ1v) is 9.55. The van der Waals surface area contributed by atoms with Crippen molar-refractivity contribution in [3.63, 3.8) is 0 Å². The zero-order valence-corrected chi connectivity index (χ0v) is 17.0. The van der Waals surface area contributed by atoms with E-state index in [-0.39, 0.29) is 12.4 Å². The summed E-state index contributed by atoms with van der Waals surface area (Å²) < 4.78 is 11.5. The summed E-state index contributed by atoms with van der Waals surface area (Å²) in [6, 6.07) is 12.3. The fourth-order valence-electron chi connectivity index (χ4n) is 2.88. The lowest BCUT2D eigenvalue weighted by atomic mass is 10.1. The highest BCUT2D eigenvalue weighted by atomic mass is 16.6. The number of hydrogen-bond acceptors (Lipinski definition) is 7. The summed E-state index contributed by atoms with van der Waals surface area (Å²) in [6.07, 6.45) is 2.93. The van der Waals surface area contributed by atoms with Crippen LogP contribution in [0, 0.1) is 21.4 Å². The molecule has 1 aliphatic rings. The first kappa shape index (κ1) is 22.2. The van der Waals surface area contributed by atoms with E-state index in [1.165, 1.54) is 6.08 Å². The van der Waals surface area contributed by atoms with E-state index < -0.39 is 22.8 Å². The van der Waals surface area contributed by atoms with Crippen LogP contribution in [0.1, 0.15) is 23.6 Å². The van der Waals surface area contributed by atoms with E-state index in [0.717, 1.165) is 5.56 Å². The first-order valence-electron chi connectivity index (χ1n) is 9.55. The second kappa shape index (κ2) is 9.99. The lowest BCUT2D eigenvalue weighted by Gasteiger charge is -2.14. The van der Waals surface area contributed by atoms with Gasteiger partial charge in [0, 0.05) is 10.5 Å². The maximum Gasteiger partial charge on any atom is 0.368 e. The second-order valence-electron chi connectivity index (χ2n) is 6.54. The van der Waals surface area contributed by atoms with Gasteiger partial charge in [-0.3, -0.25) is 19.7 Å². The summed E-state index contributed by atoms with van der Waals surface area (Å²) in [5.41, 5.74) is 1.92. The average Bonchev–Trinajstić information content (AvgIpc) is 2.76. The SMILES string of the molecule is CCOc1cc(/C=C/C2=NC(=O)C([N+](=O)[O-])C(=O)N2)ccc1OCc1ccccc1C#N. The molecular formula is C22H18N4O6. The summed E-state index contributed by atoms with van der Waals surface area (Å²) in [6.45, 7) is 2.39. The van der Waals surface area contributed by atoms with Crippen LogP contribution in [-0.2, 0) is 16.2 Å². The normalized spacial score (nSPS) is 15.6. The highest BCUT2D eigenvalue weighted by Gasteiger charge is 2.41. The molecule has 0 bridgehead atoms. The summed E-state index contributed by atoms with van der Waals surface area (Å²) in [5, 5.41) is 22.2. The highest BCUT2D eigenvalue weighted by molar-refractivity contribution is 6.21. The molecule has 10 nitrogen and oxygen atoms in total. The number of nitrogens with zero attached hydrogens (tertiary/aromatic N) is 3. The van der Waals surface area contributed by atoms with Crippen molar-refractivity contribution in [2.75, 3.05) is 6.61 Å². The molecule has 0 saturated carbocycles. The van der Waals surface area contributed by atoms with Crippen LogP contribution in [0.25, 0.3) is 6.08 Å². The van der Waals surface area contributed by atoms with Crippen molar-refractivity contribution in [3.8, 4) is 17.6 Å². The van der Waals surface area contributed by atoms with Crippen molar-refractivity contribution in [1.82, 2.24) is 5.32 Å². The Morgan fingerprint density at radius 1 is 1.19 bits per heavy atom. The zero-order chi connectivity index (χ0) is 23.1. The van der Waals surface area contributed by atoms with Crippen molar-refractivity contribution in [1.29, 1.82) is 5.26 Å². The lowest BCUT2D eigenvalue weighted by molar-refractivity contribution is -0.493. The summed E-state index contributed by atoms with van der Waals surface area (Å²) in [5.74, 6) is -1.32. The van der Waals surface area contributed by atoms with E-state index in [2.05, 4.69) is 16.4 Å². The Balaban J connectivity index is 1.76. The van der Waals surface area contributed by atoms with Gasteiger partial charge in [0.15, 0.2) is 11.5 Å². The number of amides is 2. The standard InChI is InChI=1S/C22H18N4O6/c1-2-31-18-11-14(8-10-19-24-21(27)20(26(29)30)22(28)25-19)7-9-17(18)32-13-16-6-4-3-5-15(16)12-23/h3-11,20H,2,13H2,1H3,(H,24,25,27,28)/b10-8+. The van der Waals surface area contributed by atoms with Crippen molar-refractivity contribution in [3.05, 3.63) is 75.3 Å². The van der Waals surface area contributed by atoms with E-state index in [0.29, 0.717) is 29.2 Å². The summed E-state index contributed by atoms with van der Waals surface area (Å²) in [4.78, 5) is 36.8. The van der Waals surface area contributed by atoms with Crippen LogP contribution in [0.4, 0.5) is 0 Å². The van der Waals surface area contributed by atoms with E-state index in [9.17, 15) is 25.0 Å². The lowest BCUT2D eigenvalue weighted by Crippen LogP contribution is -2.50. The van der Waals surface area contributed by atoms with Gasteiger partial charge in [-0.05, 0) is 36.8 Å². The van der Waals surface area contributed by atoms with E-state index >= 15 is 0 Å². The van der Waals surface area contributed by atoms with Gasteiger partial charge in [-0.25, -0.2) is 0 Å². The molecule has 0 aromatic heterocycles. The van der Waals surface area contributed by atoms with Crippen LogP contribution in [0.15, 0.2) is 53.5 Å². The quantitative estimate of drug-likeness (QED) is 0.381. The smallest absolute Gasteiger partial charge is 0.368 e. The van der Waals surface area contributed by atoms with E-state index in [4.69, 9.17) is 9.47 Å². The van der Waals surface area contributed by atoms with Gasteiger partial charge in [-0.2, -0.15) is 10.3 Å². The molecular weight excluding hydrogens is 416 g/mol. The molecule has 0 radical (unpaired) electrons. The van der Waals surface area contributed by atoms with Crippen molar-refractivity contribution < 1.29 is 24.0 Å². The van der Waals surface area contributed by atoms with Gasteiger partial charge >= 0.3 is 17.9 Å². The Morgan fingerprint density at radius 3 is 2.66 bits per heavy atom. The van der Waals surface area contributed by atoms with Gasteiger partial charge in [0.25, 0.3) is 0 Å². The third kappa shape index (κ3) is 5.14. The minimum absolute atomic E-state index is 0.0931. The fraction of sp³-hybridized carbons (Fsp3) is 0.182. The number of amidine groups is 1. The van der Waals surface area contributed by atoms with Crippen molar-refractivity contribution in [2.45, 2.75) is 19.6 Å². The third-order valence-electron chi connectivity index (χ3n) is 4.40. The van der Waals surface area contributed by atoms with Crippen LogP contribution >= 0.6 is 0 Å². The number of carbonyl (C=O) groups is 2. The maximum absolute atomic E-state index is 11.7. The number of nitro groups is 1. The Morgan fingerprint density at radius 2 is 1.97 bits per heavy atom. The minimum atomic E-state index is -2.03. The number of benzene rings is 2. The molecule has 0 saturated heterocycles. The largest absolute Gasteiger partial charge is 0.490 e. The molecule has 0 spiro atoms. The Kier molecular flexibility index (Phi) is 6.92. The van der Waals surface area contributed by atoms with Crippen LogP contribution < -0.4 is 14.8 Å². The predicted molar refractivity (Wildman–Crippen MR) is 114 cm³/mol. The molecule has 2 aromatic rings. The van der Waals surface area contributed by atoms with Gasteiger partial charge in [0.1, 0.15) is 12.4 Å². The van der Waals surface area contributed by atoms with Crippen molar-refractivity contribution in [2.24, 2.45) is 4.99 Å². The van der Waals surface area contributed by atoms with Gasteiger partial charge in [-0.15, -0.1) is 0 Å². The molecule has 0 aliphatic carbocycles. The molecule has 1 unspecified atom stereocenters. The number of aliphatic imine (C=N–C) groups is 1. The molecule has 3 rings (SSSR count).